The first-order valence-electron chi connectivity index (χ1n) is 7.84. The summed E-state index contributed by atoms with van der Waals surface area (Å²) in [5.74, 6) is 0.854. The van der Waals surface area contributed by atoms with Gasteiger partial charge in [-0.3, -0.25) is 4.79 Å². The van der Waals surface area contributed by atoms with Crippen molar-refractivity contribution >= 4 is 17.2 Å². The second-order valence-electron chi connectivity index (χ2n) is 5.88. The van der Waals surface area contributed by atoms with Gasteiger partial charge in [0.05, 0.1) is 5.69 Å². The molecule has 0 bridgehead atoms. The van der Waals surface area contributed by atoms with Crippen LogP contribution in [-0.2, 0) is 0 Å². The Bertz CT molecular complexity index is 666. The molecule has 1 fully saturated rings. The first-order chi connectivity index (χ1) is 11.2. The monoisotopic (exact) mass is 332 g/mol. The number of aromatic nitrogens is 3. The van der Waals surface area contributed by atoms with Gasteiger partial charge in [0.15, 0.2) is 10.8 Å². The molecule has 23 heavy (non-hydrogen) atoms. The number of rotatable bonds is 4. The molecule has 0 unspecified atom stereocenters. The number of aryl methyl sites for hydroxylation is 1. The number of nitrogens with zero attached hydrogens (tertiary/aromatic N) is 3. The van der Waals surface area contributed by atoms with Crippen LogP contribution in [-0.4, -0.2) is 38.6 Å². The quantitative estimate of drug-likeness (QED) is 0.896. The van der Waals surface area contributed by atoms with Gasteiger partial charge in [0.1, 0.15) is 4.88 Å². The number of amides is 1. The highest BCUT2D eigenvalue weighted by Gasteiger charge is 2.24. The summed E-state index contributed by atoms with van der Waals surface area (Å²) in [6.45, 7) is 2.08. The SMILES string of the molecule is Cc1nc(-c2ncccn2)sc1C(=O)NC1CCC(CO)CC1. The van der Waals surface area contributed by atoms with E-state index in [2.05, 4.69) is 20.3 Å². The lowest BCUT2D eigenvalue weighted by Gasteiger charge is -2.27. The number of nitrogens with one attached hydrogen (secondary N) is 1. The molecule has 6 nitrogen and oxygen atoms in total. The fourth-order valence-electron chi connectivity index (χ4n) is 2.85. The van der Waals surface area contributed by atoms with Crippen molar-refractivity contribution in [2.24, 2.45) is 5.92 Å². The van der Waals surface area contributed by atoms with E-state index >= 15 is 0 Å². The Morgan fingerprint density at radius 3 is 2.65 bits per heavy atom. The molecule has 7 heteroatoms. The summed E-state index contributed by atoms with van der Waals surface area (Å²) in [5, 5.41) is 12.9. The van der Waals surface area contributed by atoms with Crippen molar-refractivity contribution in [1.29, 1.82) is 0 Å². The standard InChI is InChI=1S/C16H20N4O2S/c1-10-13(23-16(19-10)14-17-7-2-8-18-14)15(22)20-12-5-3-11(9-21)4-6-12/h2,7-8,11-12,21H,3-6,9H2,1H3,(H,20,22). The Morgan fingerprint density at radius 2 is 2.00 bits per heavy atom. The van der Waals surface area contributed by atoms with Crippen molar-refractivity contribution in [2.75, 3.05) is 6.61 Å². The molecule has 2 N–H and O–H groups in total. The molecule has 122 valence electrons. The summed E-state index contributed by atoms with van der Waals surface area (Å²) in [5.41, 5.74) is 0.707. The second kappa shape index (κ2) is 7.14. The van der Waals surface area contributed by atoms with Crippen LogP contribution in [0.5, 0.6) is 0 Å². The van der Waals surface area contributed by atoms with Crippen LogP contribution < -0.4 is 5.32 Å². The number of aliphatic hydroxyl groups excluding tert-OH is 1. The van der Waals surface area contributed by atoms with Crippen LogP contribution in [0.25, 0.3) is 10.8 Å². The number of hydrogen-bond donors (Lipinski definition) is 2. The van der Waals surface area contributed by atoms with E-state index in [-0.39, 0.29) is 18.6 Å². The van der Waals surface area contributed by atoms with E-state index in [1.807, 2.05) is 6.92 Å². The third kappa shape index (κ3) is 3.73. The van der Waals surface area contributed by atoms with Crippen molar-refractivity contribution in [3.63, 3.8) is 0 Å². The van der Waals surface area contributed by atoms with E-state index in [0.29, 0.717) is 27.3 Å². The molecule has 0 aromatic carbocycles. The number of hydrogen-bond acceptors (Lipinski definition) is 6. The fraction of sp³-hybridized carbons (Fsp3) is 0.500. The molecule has 1 aliphatic carbocycles. The Morgan fingerprint density at radius 1 is 1.30 bits per heavy atom. The number of aliphatic hydroxyl groups is 1. The van der Waals surface area contributed by atoms with Gasteiger partial charge in [-0.2, -0.15) is 0 Å². The maximum absolute atomic E-state index is 12.5. The van der Waals surface area contributed by atoms with Crippen LogP contribution in [0.3, 0.4) is 0 Å². The molecule has 0 spiro atoms. The Kier molecular flexibility index (Phi) is 4.97. The predicted octanol–water partition coefficient (Wildman–Crippen LogP) is 2.19. The summed E-state index contributed by atoms with van der Waals surface area (Å²) in [7, 11) is 0. The smallest absolute Gasteiger partial charge is 0.263 e. The van der Waals surface area contributed by atoms with E-state index in [1.54, 1.807) is 18.5 Å². The zero-order valence-corrected chi connectivity index (χ0v) is 13.8. The molecular weight excluding hydrogens is 312 g/mol. The predicted molar refractivity (Wildman–Crippen MR) is 88.2 cm³/mol. The number of carbonyl (C=O) groups is 1. The minimum atomic E-state index is -0.0744. The average molecular weight is 332 g/mol. The lowest BCUT2D eigenvalue weighted by molar-refractivity contribution is 0.0917. The minimum Gasteiger partial charge on any atom is -0.396 e. The van der Waals surface area contributed by atoms with Crippen LogP contribution >= 0.6 is 11.3 Å². The summed E-state index contributed by atoms with van der Waals surface area (Å²) in [6, 6.07) is 1.93. The van der Waals surface area contributed by atoms with Gasteiger partial charge in [0.25, 0.3) is 5.91 Å². The maximum atomic E-state index is 12.5. The molecule has 0 saturated heterocycles. The highest BCUT2D eigenvalue weighted by atomic mass is 32.1. The molecule has 2 aromatic rings. The van der Waals surface area contributed by atoms with Gasteiger partial charge in [0, 0.05) is 25.0 Å². The molecule has 2 aromatic heterocycles. The van der Waals surface area contributed by atoms with E-state index in [4.69, 9.17) is 0 Å². The van der Waals surface area contributed by atoms with Gasteiger partial charge in [-0.1, -0.05) is 0 Å². The zero-order valence-electron chi connectivity index (χ0n) is 13.0. The normalized spacial score (nSPS) is 21.1. The Balaban J connectivity index is 1.67. The molecule has 1 saturated carbocycles. The van der Waals surface area contributed by atoms with Gasteiger partial charge in [-0.25, -0.2) is 15.0 Å². The van der Waals surface area contributed by atoms with Gasteiger partial charge in [-0.15, -0.1) is 11.3 Å². The lowest BCUT2D eigenvalue weighted by atomic mass is 9.86. The van der Waals surface area contributed by atoms with Crippen molar-refractivity contribution in [3.8, 4) is 10.8 Å². The first kappa shape index (κ1) is 16.0. The van der Waals surface area contributed by atoms with Gasteiger partial charge in [-0.05, 0) is 44.6 Å². The largest absolute Gasteiger partial charge is 0.396 e. The summed E-state index contributed by atoms with van der Waals surface area (Å²) < 4.78 is 0. The zero-order chi connectivity index (χ0) is 16.2. The van der Waals surface area contributed by atoms with Crippen LogP contribution in [0.15, 0.2) is 18.5 Å². The van der Waals surface area contributed by atoms with Crippen molar-refractivity contribution < 1.29 is 9.90 Å². The average Bonchev–Trinajstić information content (AvgIpc) is 2.98. The van der Waals surface area contributed by atoms with Crippen molar-refractivity contribution in [3.05, 3.63) is 29.0 Å². The van der Waals surface area contributed by atoms with E-state index < -0.39 is 0 Å². The second-order valence-corrected chi connectivity index (χ2v) is 6.88. The van der Waals surface area contributed by atoms with E-state index in [0.717, 1.165) is 25.7 Å². The number of thiazole rings is 1. The van der Waals surface area contributed by atoms with Gasteiger partial charge >= 0.3 is 0 Å². The fourth-order valence-corrected chi connectivity index (χ4v) is 3.77. The van der Waals surface area contributed by atoms with Crippen LogP contribution in [0.1, 0.15) is 41.0 Å². The molecule has 0 radical (unpaired) electrons. The molecular formula is C16H20N4O2S. The highest BCUT2D eigenvalue weighted by Crippen LogP contribution is 2.27. The number of carbonyl (C=O) groups excluding carboxylic acids is 1. The van der Waals surface area contributed by atoms with E-state index in [1.165, 1.54) is 11.3 Å². The van der Waals surface area contributed by atoms with Crippen molar-refractivity contribution in [2.45, 2.75) is 38.6 Å². The maximum Gasteiger partial charge on any atom is 0.263 e. The lowest BCUT2D eigenvalue weighted by Crippen LogP contribution is -2.38. The third-order valence-electron chi connectivity index (χ3n) is 4.20. The van der Waals surface area contributed by atoms with Crippen LogP contribution in [0.4, 0.5) is 0 Å². The van der Waals surface area contributed by atoms with Gasteiger partial charge in [0.2, 0.25) is 0 Å². The Hall–Kier alpha value is -1.86. The summed E-state index contributed by atoms with van der Waals surface area (Å²) >= 11 is 1.33. The molecule has 0 atom stereocenters. The Labute approximate surface area is 139 Å². The molecule has 1 amide bonds. The van der Waals surface area contributed by atoms with Crippen molar-refractivity contribution in [1.82, 2.24) is 20.3 Å². The molecule has 3 rings (SSSR count). The summed E-state index contributed by atoms with van der Waals surface area (Å²) in [4.78, 5) is 25.9. The minimum absolute atomic E-state index is 0.0744. The topological polar surface area (TPSA) is 88.0 Å². The molecule has 0 aliphatic heterocycles. The highest BCUT2D eigenvalue weighted by molar-refractivity contribution is 7.17. The van der Waals surface area contributed by atoms with Gasteiger partial charge < -0.3 is 10.4 Å². The van der Waals surface area contributed by atoms with Crippen LogP contribution in [0, 0.1) is 12.8 Å². The van der Waals surface area contributed by atoms with Crippen LogP contribution in [0.2, 0.25) is 0 Å². The van der Waals surface area contributed by atoms with E-state index in [9.17, 15) is 9.90 Å². The molecule has 2 heterocycles. The first-order valence-corrected chi connectivity index (χ1v) is 8.65. The molecule has 1 aliphatic rings. The summed E-state index contributed by atoms with van der Waals surface area (Å²) in [6.07, 6.45) is 7.10. The third-order valence-corrected chi connectivity index (χ3v) is 5.35.